The third-order valence-electron chi connectivity index (χ3n) is 2.87. The van der Waals surface area contributed by atoms with E-state index in [1.807, 2.05) is 0 Å². The van der Waals surface area contributed by atoms with E-state index in [4.69, 9.17) is 4.74 Å². The fourth-order valence-corrected chi connectivity index (χ4v) is 3.46. The Morgan fingerprint density at radius 1 is 1.58 bits per heavy atom. The largest absolute Gasteiger partial charge is 0.381 e. The fourth-order valence-electron chi connectivity index (χ4n) is 2.08. The van der Waals surface area contributed by atoms with Crippen LogP contribution in [0.3, 0.4) is 0 Å². The van der Waals surface area contributed by atoms with Gasteiger partial charge in [-0.2, -0.15) is 0 Å². The van der Waals surface area contributed by atoms with E-state index in [2.05, 4.69) is 30.9 Å². The van der Waals surface area contributed by atoms with E-state index in [0.29, 0.717) is 12.0 Å². The third kappa shape index (κ3) is 1.50. The van der Waals surface area contributed by atoms with Crippen LogP contribution in [0.4, 0.5) is 0 Å². The van der Waals surface area contributed by atoms with Crippen molar-refractivity contribution in [2.75, 3.05) is 19.0 Å². The highest BCUT2D eigenvalue weighted by Gasteiger charge is 2.41. The Bertz CT molecular complexity index is 170. The van der Waals surface area contributed by atoms with Crippen LogP contribution in [0.25, 0.3) is 0 Å². The van der Waals surface area contributed by atoms with Crippen molar-refractivity contribution in [3.63, 3.8) is 0 Å². The van der Waals surface area contributed by atoms with Gasteiger partial charge in [0.1, 0.15) is 0 Å². The minimum absolute atomic E-state index is 0.288. The topological polar surface area (TPSA) is 21.3 Å². The van der Waals surface area contributed by atoms with Gasteiger partial charge in [-0.1, -0.05) is 0 Å². The first kappa shape index (κ1) is 8.85. The minimum Gasteiger partial charge on any atom is -0.381 e. The summed E-state index contributed by atoms with van der Waals surface area (Å²) >= 11 is 2.06. The van der Waals surface area contributed by atoms with Crippen molar-refractivity contribution in [2.45, 2.75) is 31.2 Å². The Morgan fingerprint density at radius 3 is 2.92 bits per heavy atom. The first-order chi connectivity index (χ1) is 5.71. The summed E-state index contributed by atoms with van der Waals surface area (Å²) in [4.78, 5) is 0.288. The van der Waals surface area contributed by atoms with Crippen LogP contribution in [0.5, 0.6) is 0 Å². The number of hydrogen-bond donors (Lipinski definition) is 1. The highest BCUT2D eigenvalue weighted by atomic mass is 32.2. The maximum absolute atomic E-state index is 5.42. The van der Waals surface area contributed by atoms with Crippen LogP contribution in [0.2, 0.25) is 0 Å². The summed E-state index contributed by atoms with van der Waals surface area (Å²) in [5.74, 6) is 1.96. The number of hydrogen-bond acceptors (Lipinski definition) is 3. The predicted molar refractivity (Wildman–Crippen MR) is 52.4 cm³/mol. The first-order valence-corrected chi connectivity index (χ1v) is 5.69. The summed E-state index contributed by atoms with van der Waals surface area (Å²) in [6, 6.07) is 0.667. The van der Waals surface area contributed by atoms with Gasteiger partial charge in [0.25, 0.3) is 0 Å². The number of nitrogens with one attached hydrogen (secondary N) is 1. The average Bonchev–Trinajstić information content (AvgIpc) is 2.59. The van der Waals surface area contributed by atoms with Crippen LogP contribution >= 0.6 is 11.8 Å². The van der Waals surface area contributed by atoms with Crippen LogP contribution < -0.4 is 5.32 Å². The third-order valence-corrected chi connectivity index (χ3v) is 4.59. The standard InChI is InChI=1S/C9H17NOS/c1-7-6-12-9(2,10-7)8-3-4-11-5-8/h7-8,10H,3-6H2,1-2H3. The molecule has 3 atom stereocenters. The number of rotatable bonds is 1. The lowest BCUT2D eigenvalue weighted by Gasteiger charge is -2.30. The zero-order chi connectivity index (χ0) is 8.60. The molecular weight excluding hydrogens is 170 g/mol. The van der Waals surface area contributed by atoms with Gasteiger partial charge < -0.3 is 4.74 Å². The number of thioether (sulfide) groups is 1. The molecule has 3 heteroatoms. The molecule has 70 valence electrons. The molecule has 3 unspecified atom stereocenters. The second-order valence-corrected chi connectivity index (χ2v) is 5.49. The van der Waals surface area contributed by atoms with Crippen molar-refractivity contribution in [3.05, 3.63) is 0 Å². The summed E-state index contributed by atoms with van der Waals surface area (Å²) < 4.78 is 5.42. The van der Waals surface area contributed by atoms with E-state index < -0.39 is 0 Å². The average molecular weight is 187 g/mol. The van der Waals surface area contributed by atoms with Crippen LogP contribution in [-0.4, -0.2) is 29.9 Å². The van der Waals surface area contributed by atoms with Crippen molar-refractivity contribution >= 4 is 11.8 Å². The Labute approximate surface area is 78.4 Å². The molecule has 0 spiro atoms. The van der Waals surface area contributed by atoms with Crippen molar-refractivity contribution in [3.8, 4) is 0 Å². The molecule has 0 radical (unpaired) electrons. The molecule has 0 aromatic heterocycles. The Balaban J connectivity index is 2.00. The molecule has 12 heavy (non-hydrogen) atoms. The van der Waals surface area contributed by atoms with E-state index in [1.54, 1.807) is 0 Å². The first-order valence-electron chi connectivity index (χ1n) is 4.70. The van der Waals surface area contributed by atoms with Gasteiger partial charge >= 0.3 is 0 Å². The lowest BCUT2D eigenvalue weighted by atomic mass is 9.99. The quantitative estimate of drug-likeness (QED) is 0.671. The normalized spacial score (nSPS) is 48.5. The van der Waals surface area contributed by atoms with E-state index in [0.717, 1.165) is 13.2 Å². The highest BCUT2D eigenvalue weighted by molar-refractivity contribution is 8.00. The van der Waals surface area contributed by atoms with Gasteiger partial charge in [0, 0.05) is 24.3 Å². The van der Waals surface area contributed by atoms with Crippen molar-refractivity contribution in [1.82, 2.24) is 5.32 Å². The zero-order valence-electron chi connectivity index (χ0n) is 7.80. The predicted octanol–water partition coefficient (Wildman–Crippen LogP) is 1.46. The van der Waals surface area contributed by atoms with E-state index >= 15 is 0 Å². The number of ether oxygens (including phenoxy) is 1. The van der Waals surface area contributed by atoms with Gasteiger partial charge in [-0.25, -0.2) is 0 Å². The molecule has 0 aliphatic carbocycles. The van der Waals surface area contributed by atoms with Gasteiger partial charge in [0.2, 0.25) is 0 Å². The van der Waals surface area contributed by atoms with Gasteiger partial charge in [0.15, 0.2) is 0 Å². The second kappa shape index (κ2) is 3.20. The zero-order valence-corrected chi connectivity index (χ0v) is 8.62. The van der Waals surface area contributed by atoms with Crippen LogP contribution in [0.1, 0.15) is 20.3 Å². The molecule has 2 rings (SSSR count). The van der Waals surface area contributed by atoms with Crippen molar-refractivity contribution in [2.24, 2.45) is 5.92 Å². The summed E-state index contributed by atoms with van der Waals surface area (Å²) in [7, 11) is 0. The second-order valence-electron chi connectivity index (χ2n) is 4.02. The smallest absolute Gasteiger partial charge is 0.0671 e. The summed E-state index contributed by atoms with van der Waals surface area (Å²) in [6.45, 7) is 6.48. The molecule has 0 aromatic carbocycles. The van der Waals surface area contributed by atoms with Gasteiger partial charge in [-0.05, 0) is 20.3 Å². The molecule has 2 nitrogen and oxygen atoms in total. The molecule has 2 heterocycles. The molecule has 2 saturated heterocycles. The molecule has 0 amide bonds. The summed E-state index contributed by atoms with van der Waals surface area (Å²) in [5, 5.41) is 3.66. The Morgan fingerprint density at radius 2 is 2.42 bits per heavy atom. The molecule has 1 N–H and O–H groups in total. The van der Waals surface area contributed by atoms with Gasteiger partial charge in [0.05, 0.1) is 11.5 Å². The SMILES string of the molecule is CC1CSC(C)(C2CCOC2)N1. The van der Waals surface area contributed by atoms with E-state index in [1.165, 1.54) is 12.2 Å². The highest BCUT2D eigenvalue weighted by Crippen LogP contribution is 2.39. The minimum atomic E-state index is 0.288. The summed E-state index contributed by atoms with van der Waals surface area (Å²) in [6.07, 6.45) is 1.23. The molecule has 0 saturated carbocycles. The molecule has 2 fully saturated rings. The molecule has 0 bridgehead atoms. The van der Waals surface area contributed by atoms with Crippen LogP contribution in [0, 0.1) is 5.92 Å². The van der Waals surface area contributed by atoms with E-state index in [-0.39, 0.29) is 4.87 Å². The molecular formula is C9H17NOS. The maximum Gasteiger partial charge on any atom is 0.0671 e. The van der Waals surface area contributed by atoms with Crippen LogP contribution in [0.15, 0.2) is 0 Å². The van der Waals surface area contributed by atoms with Crippen molar-refractivity contribution in [1.29, 1.82) is 0 Å². The van der Waals surface area contributed by atoms with Gasteiger partial charge in [-0.15, -0.1) is 11.8 Å². The Hall–Kier alpha value is 0.270. The van der Waals surface area contributed by atoms with Crippen LogP contribution in [-0.2, 0) is 4.74 Å². The monoisotopic (exact) mass is 187 g/mol. The van der Waals surface area contributed by atoms with E-state index in [9.17, 15) is 0 Å². The van der Waals surface area contributed by atoms with Gasteiger partial charge in [-0.3, -0.25) is 5.32 Å². The Kier molecular flexibility index (Phi) is 2.36. The molecule has 2 aliphatic heterocycles. The van der Waals surface area contributed by atoms with Crippen molar-refractivity contribution < 1.29 is 4.74 Å². The summed E-state index contributed by atoms with van der Waals surface area (Å²) in [5.41, 5.74) is 0. The molecule has 2 aliphatic rings. The fraction of sp³-hybridized carbons (Fsp3) is 1.00. The molecule has 0 aromatic rings. The lowest BCUT2D eigenvalue weighted by Crippen LogP contribution is -2.44. The maximum atomic E-state index is 5.42. The lowest BCUT2D eigenvalue weighted by molar-refractivity contribution is 0.174.